The van der Waals surface area contributed by atoms with Gasteiger partial charge in [0.15, 0.2) is 0 Å². The zero-order chi connectivity index (χ0) is 12.3. The molecule has 0 aliphatic carbocycles. The third kappa shape index (κ3) is 7.88. The van der Waals surface area contributed by atoms with Crippen LogP contribution in [0.4, 0.5) is 0 Å². The van der Waals surface area contributed by atoms with Crippen LogP contribution in [0.2, 0.25) is 0 Å². The number of hydrogen-bond acceptors (Lipinski definition) is 2. The van der Waals surface area contributed by atoms with Gasteiger partial charge < -0.3 is 39.9 Å². The van der Waals surface area contributed by atoms with E-state index in [0.29, 0.717) is 12.2 Å². The molecule has 0 saturated heterocycles. The van der Waals surface area contributed by atoms with Crippen molar-refractivity contribution in [1.82, 2.24) is 0 Å². The van der Waals surface area contributed by atoms with Crippen LogP contribution in [0, 0.1) is 0 Å². The molecule has 0 aromatic heterocycles. The molecule has 0 bridgehead atoms. The Bertz CT molecular complexity index is 359. The molecule has 104 valence electrons. The van der Waals surface area contributed by atoms with Crippen molar-refractivity contribution in [1.29, 1.82) is 0 Å². The summed E-state index contributed by atoms with van der Waals surface area (Å²) in [5.74, 6) is 0.513. The predicted octanol–water partition coefficient (Wildman–Crippen LogP) is 3.90. The Hall–Kier alpha value is -1.31. The van der Waals surface area contributed by atoms with Gasteiger partial charge in [-0.1, -0.05) is 19.8 Å². The van der Waals surface area contributed by atoms with E-state index in [9.17, 15) is 4.79 Å². The van der Waals surface area contributed by atoms with Gasteiger partial charge in [-0.05, 0) is 0 Å². The molecule has 18 heavy (non-hydrogen) atoms. The van der Waals surface area contributed by atoms with Crippen LogP contribution >= 0.6 is 0 Å². The summed E-state index contributed by atoms with van der Waals surface area (Å²) in [5.41, 5.74) is 0. The first kappa shape index (κ1) is 16.7. The summed E-state index contributed by atoms with van der Waals surface area (Å²) < 4.78 is 5.02. The maximum absolute atomic E-state index is 11.0. The largest absolute Gasteiger partial charge is 0.748 e. The smallest absolute Gasteiger partial charge is 0.233 e. The molecule has 2 rings (SSSR count). The Balaban J connectivity index is 0.000000405. The molecule has 0 aliphatic heterocycles. The molecular formula is C15H18FeO2-6. The molecule has 0 amide bonds. The molecule has 0 radical (unpaired) electrons. The van der Waals surface area contributed by atoms with Gasteiger partial charge in [-0.3, -0.25) is 0 Å². The first-order chi connectivity index (χ1) is 8.33. The first-order valence-electron chi connectivity index (χ1n) is 5.92. The molecule has 0 fully saturated rings. The summed E-state index contributed by atoms with van der Waals surface area (Å²) in [5, 5.41) is 0. The summed E-state index contributed by atoms with van der Waals surface area (Å²) in [7, 11) is 0. The number of unbranched alkanes of at least 4 members (excludes halogenated alkanes) is 1. The Kier molecular flexibility index (Phi) is 10.0. The van der Waals surface area contributed by atoms with E-state index >= 15 is 0 Å². The van der Waals surface area contributed by atoms with Crippen LogP contribution < -0.4 is 4.74 Å². The topological polar surface area (TPSA) is 26.3 Å². The SMILES string of the molecule is CCCCC(=O)O[c-]1cccc1.[Fe].[cH-]1[cH-][cH-][cH-][cH-]1. The van der Waals surface area contributed by atoms with Crippen molar-refractivity contribution < 1.29 is 26.6 Å². The van der Waals surface area contributed by atoms with E-state index in [4.69, 9.17) is 4.74 Å². The van der Waals surface area contributed by atoms with E-state index in [1.807, 2.05) is 42.5 Å². The molecule has 0 atom stereocenters. The second kappa shape index (κ2) is 10.8. The third-order valence-electron chi connectivity index (χ3n) is 2.15. The minimum absolute atomic E-state index is 0. The van der Waals surface area contributed by atoms with Crippen molar-refractivity contribution in [3.63, 3.8) is 0 Å². The second-order valence-electron chi connectivity index (χ2n) is 3.66. The van der Waals surface area contributed by atoms with Crippen molar-refractivity contribution in [2.24, 2.45) is 0 Å². The molecular weight excluding hydrogens is 268 g/mol. The molecule has 2 aromatic rings. The van der Waals surface area contributed by atoms with Crippen molar-refractivity contribution in [3.8, 4) is 5.75 Å². The summed E-state index contributed by atoms with van der Waals surface area (Å²) >= 11 is 0. The maximum atomic E-state index is 11.0. The van der Waals surface area contributed by atoms with E-state index in [0.717, 1.165) is 12.8 Å². The number of hydrogen-bond donors (Lipinski definition) is 0. The van der Waals surface area contributed by atoms with Gasteiger partial charge in [0.05, 0.1) is 0 Å². The Morgan fingerprint density at radius 1 is 1.11 bits per heavy atom. The fourth-order valence-corrected chi connectivity index (χ4v) is 1.25. The minimum atomic E-state index is -0.136. The van der Waals surface area contributed by atoms with Gasteiger partial charge in [0.25, 0.3) is 0 Å². The standard InChI is InChI=1S/C10H13O2.C5H5.Fe/c1-2-3-8-10(11)12-9-6-4-5-7-9;1-2-4-5-3-1;/h4-7H,2-3,8H2,1H3;1-5H;/q-1;-5;. The quantitative estimate of drug-likeness (QED) is 0.484. The van der Waals surface area contributed by atoms with Crippen LogP contribution in [0.3, 0.4) is 0 Å². The van der Waals surface area contributed by atoms with Crippen LogP contribution in [-0.2, 0) is 21.9 Å². The van der Waals surface area contributed by atoms with Crippen LogP contribution in [0.5, 0.6) is 5.75 Å². The minimum Gasteiger partial charge on any atom is -0.748 e. The molecule has 2 nitrogen and oxygen atoms in total. The van der Waals surface area contributed by atoms with Gasteiger partial charge in [0.1, 0.15) is 0 Å². The molecule has 0 heterocycles. The van der Waals surface area contributed by atoms with Crippen LogP contribution in [0.1, 0.15) is 26.2 Å². The molecule has 0 saturated carbocycles. The van der Waals surface area contributed by atoms with Gasteiger partial charge in [0, 0.05) is 29.2 Å². The average Bonchev–Trinajstić information content (AvgIpc) is 3.01. The van der Waals surface area contributed by atoms with Crippen molar-refractivity contribution in [2.45, 2.75) is 26.2 Å². The zero-order valence-corrected chi connectivity index (χ0v) is 11.6. The van der Waals surface area contributed by atoms with Gasteiger partial charge in [0.2, 0.25) is 5.97 Å². The second-order valence-corrected chi connectivity index (χ2v) is 3.66. The van der Waals surface area contributed by atoms with Crippen LogP contribution in [0.15, 0.2) is 54.6 Å². The third-order valence-corrected chi connectivity index (χ3v) is 2.15. The van der Waals surface area contributed by atoms with E-state index in [-0.39, 0.29) is 23.0 Å². The van der Waals surface area contributed by atoms with E-state index in [2.05, 4.69) is 6.92 Å². The van der Waals surface area contributed by atoms with Crippen LogP contribution in [-0.4, -0.2) is 5.97 Å². The number of ether oxygens (including phenoxy) is 1. The fraction of sp³-hybridized carbons (Fsp3) is 0.267. The Labute approximate surface area is 119 Å². The van der Waals surface area contributed by atoms with Crippen molar-refractivity contribution in [3.05, 3.63) is 54.6 Å². The maximum Gasteiger partial charge on any atom is 0.233 e. The molecule has 0 unspecified atom stereocenters. The van der Waals surface area contributed by atoms with Gasteiger partial charge >= 0.3 is 0 Å². The fourth-order valence-electron chi connectivity index (χ4n) is 1.25. The van der Waals surface area contributed by atoms with E-state index in [1.54, 1.807) is 12.1 Å². The number of rotatable bonds is 4. The number of esters is 1. The summed E-state index contributed by atoms with van der Waals surface area (Å²) in [6.45, 7) is 2.05. The molecule has 3 heteroatoms. The monoisotopic (exact) mass is 286 g/mol. The predicted molar refractivity (Wildman–Crippen MR) is 69.2 cm³/mol. The van der Waals surface area contributed by atoms with Crippen molar-refractivity contribution >= 4 is 5.97 Å². The molecule has 2 aromatic carbocycles. The first-order valence-corrected chi connectivity index (χ1v) is 5.92. The average molecular weight is 286 g/mol. The number of carbonyl (C=O) groups excluding carboxylic acids is 1. The van der Waals surface area contributed by atoms with E-state index in [1.165, 1.54) is 0 Å². The van der Waals surface area contributed by atoms with Gasteiger partial charge in [-0.25, -0.2) is 0 Å². The molecule has 0 spiro atoms. The van der Waals surface area contributed by atoms with Gasteiger partial charge in [-0.15, -0.1) is 12.1 Å². The Morgan fingerprint density at radius 2 is 1.61 bits per heavy atom. The summed E-state index contributed by atoms with van der Waals surface area (Å²) in [4.78, 5) is 11.0. The van der Waals surface area contributed by atoms with Crippen LogP contribution in [0.25, 0.3) is 0 Å². The normalized spacial score (nSPS) is 8.72. The number of carbonyl (C=O) groups is 1. The van der Waals surface area contributed by atoms with Gasteiger partial charge in [-0.2, -0.15) is 12.1 Å². The summed E-state index contributed by atoms with van der Waals surface area (Å²) in [6.07, 6.45) is 2.44. The zero-order valence-electron chi connectivity index (χ0n) is 10.5. The van der Waals surface area contributed by atoms with E-state index < -0.39 is 0 Å². The molecule has 0 aliphatic rings. The summed E-state index contributed by atoms with van der Waals surface area (Å²) in [6, 6.07) is 17.3. The molecule has 0 N–H and O–H groups in total. The van der Waals surface area contributed by atoms with Crippen molar-refractivity contribution in [2.75, 3.05) is 0 Å². The Morgan fingerprint density at radius 3 is 2.06 bits per heavy atom.